The molecular weight excluding hydrogens is 365 g/mol. The second-order valence-electron chi connectivity index (χ2n) is 5.78. The van der Waals surface area contributed by atoms with Crippen LogP contribution in [0.2, 0.25) is 0 Å². The predicted molar refractivity (Wildman–Crippen MR) is 103 cm³/mol. The van der Waals surface area contributed by atoms with Gasteiger partial charge in [0.05, 0.1) is 17.4 Å². The maximum absolute atomic E-state index is 13.0. The zero-order valence-corrected chi connectivity index (χ0v) is 15.0. The van der Waals surface area contributed by atoms with Gasteiger partial charge in [0, 0.05) is 5.75 Å². The third kappa shape index (κ3) is 3.36. The number of nitrogens with two attached hydrogens (primary N) is 2. The molecule has 0 amide bonds. The summed E-state index contributed by atoms with van der Waals surface area (Å²) in [6, 6.07) is 15.8. The number of thioether (sulfide) groups is 1. The van der Waals surface area contributed by atoms with Crippen molar-refractivity contribution in [2.45, 2.75) is 10.9 Å². The number of nitrogens with zero attached hydrogens (tertiary/aromatic N) is 5. The molecule has 0 radical (unpaired) electrons. The Labute approximate surface area is 158 Å². The highest BCUT2D eigenvalue weighted by molar-refractivity contribution is 7.98. The number of halogens is 1. The van der Waals surface area contributed by atoms with Crippen molar-refractivity contribution in [1.82, 2.24) is 24.7 Å². The van der Waals surface area contributed by atoms with Crippen molar-refractivity contribution in [1.29, 1.82) is 0 Å². The van der Waals surface area contributed by atoms with Crippen LogP contribution in [0.1, 0.15) is 5.56 Å². The molecule has 0 aliphatic rings. The van der Waals surface area contributed by atoms with Crippen LogP contribution in [0.15, 0.2) is 66.0 Å². The molecule has 136 valence electrons. The molecule has 4 aromatic rings. The molecule has 0 saturated carbocycles. The fourth-order valence-electron chi connectivity index (χ4n) is 2.59. The third-order valence-corrected chi connectivity index (χ3v) is 5.01. The van der Waals surface area contributed by atoms with Gasteiger partial charge in [0.2, 0.25) is 5.16 Å². The molecule has 9 heteroatoms. The topological polar surface area (TPSA) is 101 Å². The molecule has 0 saturated heterocycles. The molecule has 27 heavy (non-hydrogen) atoms. The first kappa shape index (κ1) is 17.1. The van der Waals surface area contributed by atoms with E-state index in [4.69, 9.17) is 11.6 Å². The molecule has 2 aromatic heterocycles. The van der Waals surface area contributed by atoms with Gasteiger partial charge in [-0.05, 0) is 29.8 Å². The molecule has 0 spiro atoms. The lowest BCUT2D eigenvalue weighted by Gasteiger charge is -2.05. The summed E-state index contributed by atoms with van der Waals surface area (Å²) in [5, 5.41) is 13.1. The number of benzene rings is 2. The van der Waals surface area contributed by atoms with Crippen LogP contribution in [0.3, 0.4) is 0 Å². The molecule has 2 aromatic carbocycles. The number of hydrogen-bond acceptors (Lipinski definition) is 6. The Kier molecular flexibility index (Phi) is 4.51. The lowest BCUT2D eigenvalue weighted by molar-refractivity contribution is 0.627. The maximum atomic E-state index is 13.0. The Morgan fingerprint density at radius 2 is 1.74 bits per heavy atom. The van der Waals surface area contributed by atoms with Crippen LogP contribution in [0.25, 0.3) is 17.1 Å². The van der Waals surface area contributed by atoms with E-state index in [9.17, 15) is 4.39 Å². The van der Waals surface area contributed by atoms with E-state index < -0.39 is 0 Å². The van der Waals surface area contributed by atoms with Crippen LogP contribution in [0, 0.1) is 5.82 Å². The van der Waals surface area contributed by atoms with Crippen LogP contribution >= 0.6 is 11.8 Å². The summed E-state index contributed by atoms with van der Waals surface area (Å²) in [6.45, 7) is 0. The highest BCUT2D eigenvalue weighted by atomic mass is 32.2. The zero-order chi connectivity index (χ0) is 18.8. The minimum atomic E-state index is -0.265. The molecule has 0 aliphatic heterocycles. The molecule has 7 nitrogen and oxygen atoms in total. The molecule has 0 bridgehead atoms. The minimum absolute atomic E-state index is 0.265. The second-order valence-corrected chi connectivity index (χ2v) is 6.72. The van der Waals surface area contributed by atoms with Crippen molar-refractivity contribution < 1.29 is 4.39 Å². The van der Waals surface area contributed by atoms with E-state index in [0.29, 0.717) is 28.1 Å². The molecule has 0 aliphatic carbocycles. The van der Waals surface area contributed by atoms with E-state index in [1.54, 1.807) is 23.0 Å². The Morgan fingerprint density at radius 1 is 1.00 bits per heavy atom. The Balaban J connectivity index is 1.57. The summed E-state index contributed by atoms with van der Waals surface area (Å²) in [6.07, 6.45) is 1.62. The summed E-state index contributed by atoms with van der Waals surface area (Å²) < 4.78 is 16.0. The summed E-state index contributed by atoms with van der Waals surface area (Å²) in [4.78, 5) is 0. The van der Waals surface area contributed by atoms with E-state index in [0.717, 1.165) is 11.3 Å². The lowest BCUT2D eigenvalue weighted by atomic mass is 10.2. The van der Waals surface area contributed by atoms with Gasteiger partial charge < -0.3 is 11.6 Å². The van der Waals surface area contributed by atoms with Gasteiger partial charge in [-0.1, -0.05) is 42.1 Å². The van der Waals surface area contributed by atoms with E-state index in [2.05, 4.69) is 15.3 Å². The van der Waals surface area contributed by atoms with Crippen LogP contribution in [-0.2, 0) is 5.75 Å². The average molecular weight is 381 g/mol. The first-order valence-electron chi connectivity index (χ1n) is 8.10. The number of nitrogen functional groups attached to an aromatic ring is 2. The molecule has 0 atom stereocenters. The van der Waals surface area contributed by atoms with Gasteiger partial charge in [-0.3, -0.25) is 0 Å². The highest BCUT2D eigenvalue weighted by Crippen LogP contribution is 2.28. The van der Waals surface area contributed by atoms with Crippen LogP contribution in [0.5, 0.6) is 0 Å². The monoisotopic (exact) mass is 381 g/mol. The number of rotatable bonds is 5. The van der Waals surface area contributed by atoms with E-state index >= 15 is 0 Å². The quantitative estimate of drug-likeness (QED) is 0.407. The van der Waals surface area contributed by atoms with Crippen molar-refractivity contribution >= 4 is 17.6 Å². The highest BCUT2D eigenvalue weighted by Gasteiger charge is 2.18. The van der Waals surface area contributed by atoms with Crippen LogP contribution in [-0.4, -0.2) is 24.7 Å². The van der Waals surface area contributed by atoms with Gasteiger partial charge >= 0.3 is 0 Å². The van der Waals surface area contributed by atoms with E-state index in [-0.39, 0.29) is 5.82 Å². The Morgan fingerprint density at radius 3 is 2.48 bits per heavy atom. The van der Waals surface area contributed by atoms with Crippen LogP contribution < -0.4 is 11.6 Å². The fourth-order valence-corrected chi connectivity index (χ4v) is 3.41. The van der Waals surface area contributed by atoms with Crippen molar-refractivity contribution in [3.05, 3.63) is 72.2 Å². The van der Waals surface area contributed by atoms with E-state index in [1.165, 1.54) is 28.6 Å². The predicted octanol–water partition coefficient (Wildman–Crippen LogP) is 2.86. The number of para-hydroxylation sites is 1. The van der Waals surface area contributed by atoms with Gasteiger partial charge in [0.15, 0.2) is 5.82 Å². The second kappa shape index (κ2) is 7.12. The number of hydrogen-bond donors (Lipinski definition) is 2. The van der Waals surface area contributed by atoms with Gasteiger partial charge in [-0.2, -0.15) is 5.10 Å². The molecule has 4 rings (SSSR count). The summed E-state index contributed by atoms with van der Waals surface area (Å²) >= 11 is 1.40. The van der Waals surface area contributed by atoms with Crippen molar-refractivity contribution in [2.24, 2.45) is 0 Å². The third-order valence-electron chi connectivity index (χ3n) is 3.99. The van der Waals surface area contributed by atoms with E-state index in [1.807, 2.05) is 30.3 Å². The number of aromatic nitrogens is 5. The zero-order valence-electron chi connectivity index (χ0n) is 14.2. The minimum Gasteiger partial charge on any atom is -0.383 e. The maximum Gasteiger partial charge on any atom is 0.210 e. The first-order valence-corrected chi connectivity index (χ1v) is 9.09. The first-order chi connectivity index (χ1) is 13.1. The number of anilines is 1. The van der Waals surface area contributed by atoms with Crippen molar-refractivity contribution in [3.8, 4) is 17.1 Å². The molecule has 0 fully saturated rings. The smallest absolute Gasteiger partial charge is 0.210 e. The molecule has 4 N–H and O–H groups in total. The standard InChI is InChI=1S/C18H16FN7S/c19-13-8-6-12(7-9-13)11-27-18-24-23-17(25(18)21)15-10-22-26(16(15)20)14-4-2-1-3-5-14/h1-10H,11,20-21H2. The summed E-state index contributed by atoms with van der Waals surface area (Å²) in [5.41, 5.74) is 8.65. The molecular formula is C18H16FN7S. The summed E-state index contributed by atoms with van der Waals surface area (Å²) in [5.74, 6) is 7.34. The lowest BCUT2D eigenvalue weighted by Crippen LogP contribution is -2.12. The molecule has 2 heterocycles. The fraction of sp³-hybridized carbons (Fsp3) is 0.0556. The normalized spacial score (nSPS) is 11.0. The van der Waals surface area contributed by atoms with Gasteiger partial charge in [-0.15, -0.1) is 10.2 Å². The average Bonchev–Trinajstić information content (AvgIpc) is 3.24. The van der Waals surface area contributed by atoms with Crippen molar-refractivity contribution in [2.75, 3.05) is 11.6 Å². The van der Waals surface area contributed by atoms with Crippen LogP contribution in [0.4, 0.5) is 10.2 Å². The Hall–Kier alpha value is -3.33. The summed E-state index contributed by atoms with van der Waals surface area (Å²) in [7, 11) is 0. The van der Waals surface area contributed by atoms with Gasteiger partial charge in [-0.25, -0.2) is 13.7 Å². The van der Waals surface area contributed by atoms with Gasteiger partial charge in [0.1, 0.15) is 11.6 Å². The molecule has 0 unspecified atom stereocenters. The largest absolute Gasteiger partial charge is 0.383 e. The SMILES string of the molecule is Nc1c(-c2nnc(SCc3ccc(F)cc3)n2N)cnn1-c1ccccc1. The van der Waals surface area contributed by atoms with Crippen molar-refractivity contribution in [3.63, 3.8) is 0 Å². The Bertz CT molecular complexity index is 1060. The van der Waals surface area contributed by atoms with Gasteiger partial charge in [0.25, 0.3) is 0 Å².